The Kier molecular flexibility index (Phi) is 3.55. The van der Waals surface area contributed by atoms with Gasteiger partial charge in [-0.2, -0.15) is 9.37 Å². The van der Waals surface area contributed by atoms with Crippen LogP contribution in [0.3, 0.4) is 0 Å². The van der Waals surface area contributed by atoms with E-state index in [1.54, 1.807) is 19.4 Å². The predicted octanol–water partition coefficient (Wildman–Crippen LogP) is 1.59. The van der Waals surface area contributed by atoms with E-state index in [1.165, 1.54) is 13.2 Å². The number of ether oxygens (including phenoxy) is 2. The van der Waals surface area contributed by atoms with Crippen LogP contribution in [0.15, 0.2) is 18.3 Å². The summed E-state index contributed by atoms with van der Waals surface area (Å²) in [7, 11) is 3.05. The molecule has 0 aromatic carbocycles. The van der Waals surface area contributed by atoms with Crippen molar-refractivity contribution in [2.75, 3.05) is 25.7 Å². The highest BCUT2D eigenvalue weighted by atomic mass is 19.1. The van der Waals surface area contributed by atoms with Crippen LogP contribution in [-0.2, 0) is 13.0 Å². The van der Waals surface area contributed by atoms with Gasteiger partial charge in [-0.3, -0.25) is 0 Å². The SMILES string of the molecule is COc1cc(F)nc(N2CCc3nc(OC)ncc3C2)c1. The van der Waals surface area contributed by atoms with Crippen molar-refractivity contribution in [3.05, 3.63) is 35.5 Å². The maximum Gasteiger partial charge on any atom is 0.316 e. The number of hydrogen-bond donors (Lipinski definition) is 0. The molecule has 1 aliphatic rings. The third kappa shape index (κ3) is 2.72. The van der Waals surface area contributed by atoms with Gasteiger partial charge in [0, 0.05) is 43.4 Å². The average Bonchev–Trinajstić information content (AvgIpc) is 2.53. The summed E-state index contributed by atoms with van der Waals surface area (Å²) in [4.78, 5) is 14.3. The summed E-state index contributed by atoms with van der Waals surface area (Å²) in [6.07, 6.45) is 2.47. The molecule has 0 bridgehead atoms. The van der Waals surface area contributed by atoms with E-state index in [-0.39, 0.29) is 0 Å². The van der Waals surface area contributed by atoms with E-state index in [0.29, 0.717) is 30.7 Å². The fourth-order valence-electron chi connectivity index (χ4n) is 2.33. The van der Waals surface area contributed by atoms with Crippen LogP contribution in [0.5, 0.6) is 11.8 Å². The molecule has 0 aliphatic carbocycles. The molecule has 0 saturated heterocycles. The van der Waals surface area contributed by atoms with Crippen LogP contribution in [0, 0.1) is 5.95 Å². The van der Waals surface area contributed by atoms with Gasteiger partial charge in [0.25, 0.3) is 0 Å². The molecular formula is C14H15FN4O2. The number of pyridine rings is 1. The van der Waals surface area contributed by atoms with Gasteiger partial charge < -0.3 is 14.4 Å². The van der Waals surface area contributed by atoms with Crippen molar-refractivity contribution in [1.82, 2.24) is 15.0 Å². The number of methoxy groups -OCH3 is 2. The van der Waals surface area contributed by atoms with Crippen molar-refractivity contribution < 1.29 is 13.9 Å². The van der Waals surface area contributed by atoms with Gasteiger partial charge in [0.15, 0.2) is 0 Å². The Morgan fingerprint density at radius 3 is 2.81 bits per heavy atom. The highest BCUT2D eigenvalue weighted by molar-refractivity contribution is 5.46. The lowest BCUT2D eigenvalue weighted by atomic mass is 10.1. The second-order valence-corrected chi connectivity index (χ2v) is 4.69. The highest BCUT2D eigenvalue weighted by Crippen LogP contribution is 2.25. The Hall–Kier alpha value is -2.44. The fraction of sp³-hybridized carbons (Fsp3) is 0.357. The van der Waals surface area contributed by atoms with Gasteiger partial charge >= 0.3 is 6.01 Å². The minimum Gasteiger partial charge on any atom is -0.496 e. The largest absolute Gasteiger partial charge is 0.496 e. The normalized spacial score (nSPS) is 13.8. The summed E-state index contributed by atoms with van der Waals surface area (Å²) in [5.41, 5.74) is 1.95. The van der Waals surface area contributed by atoms with Crippen LogP contribution in [0.1, 0.15) is 11.3 Å². The highest BCUT2D eigenvalue weighted by Gasteiger charge is 2.20. The summed E-state index contributed by atoms with van der Waals surface area (Å²) >= 11 is 0. The lowest BCUT2D eigenvalue weighted by Gasteiger charge is -2.29. The fourth-order valence-corrected chi connectivity index (χ4v) is 2.33. The molecule has 0 spiro atoms. The maximum absolute atomic E-state index is 13.5. The van der Waals surface area contributed by atoms with Crippen molar-refractivity contribution in [2.24, 2.45) is 0 Å². The van der Waals surface area contributed by atoms with Gasteiger partial charge in [0.05, 0.1) is 19.9 Å². The molecule has 0 fully saturated rings. The molecule has 7 heteroatoms. The van der Waals surface area contributed by atoms with E-state index >= 15 is 0 Å². The summed E-state index contributed by atoms with van der Waals surface area (Å²) in [5, 5.41) is 0. The van der Waals surface area contributed by atoms with E-state index in [1.807, 2.05) is 4.90 Å². The number of fused-ring (bicyclic) bond motifs is 1. The van der Waals surface area contributed by atoms with Crippen LogP contribution in [0.4, 0.5) is 10.2 Å². The summed E-state index contributed by atoms with van der Waals surface area (Å²) in [5.74, 6) is 0.448. The first-order valence-electron chi connectivity index (χ1n) is 6.55. The molecule has 110 valence electrons. The van der Waals surface area contributed by atoms with Crippen molar-refractivity contribution >= 4 is 5.82 Å². The molecule has 21 heavy (non-hydrogen) atoms. The zero-order chi connectivity index (χ0) is 14.8. The second kappa shape index (κ2) is 5.51. The lowest BCUT2D eigenvalue weighted by molar-refractivity contribution is 0.376. The Bertz CT molecular complexity index is 665. The molecule has 2 aromatic heterocycles. The van der Waals surface area contributed by atoms with Crippen LogP contribution in [0.25, 0.3) is 0 Å². The quantitative estimate of drug-likeness (QED) is 0.800. The van der Waals surface area contributed by atoms with Crippen molar-refractivity contribution in [3.63, 3.8) is 0 Å². The number of halogens is 1. The summed E-state index contributed by atoms with van der Waals surface area (Å²) in [6.45, 7) is 1.28. The van der Waals surface area contributed by atoms with Crippen LogP contribution in [-0.4, -0.2) is 35.7 Å². The summed E-state index contributed by atoms with van der Waals surface area (Å²) < 4.78 is 23.6. The van der Waals surface area contributed by atoms with Crippen molar-refractivity contribution in [1.29, 1.82) is 0 Å². The standard InChI is InChI=1S/C14H15FN4O2/c1-20-10-5-12(15)18-13(6-10)19-4-3-11-9(8-19)7-16-14(17-11)21-2/h5-7H,3-4,8H2,1-2H3. The van der Waals surface area contributed by atoms with Gasteiger partial charge in [0.2, 0.25) is 5.95 Å². The monoisotopic (exact) mass is 290 g/mol. The molecule has 1 aliphatic heterocycles. The van der Waals surface area contributed by atoms with Gasteiger partial charge in [-0.1, -0.05) is 0 Å². The Morgan fingerprint density at radius 1 is 1.19 bits per heavy atom. The molecular weight excluding hydrogens is 275 g/mol. The van der Waals surface area contributed by atoms with E-state index in [0.717, 1.165) is 17.7 Å². The van der Waals surface area contributed by atoms with E-state index in [9.17, 15) is 4.39 Å². The molecule has 3 heterocycles. The first-order valence-corrected chi connectivity index (χ1v) is 6.55. The molecule has 0 saturated carbocycles. The number of aromatic nitrogens is 3. The van der Waals surface area contributed by atoms with Crippen molar-refractivity contribution in [3.8, 4) is 11.8 Å². The molecule has 2 aromatic rings. The van der Waals surface area contributed by atoms with E-state index in [2.05, 4.69) is 15.0 Å². The van der Waals surface area contributed by atoms with Crippen LogP contribution < -0.4 is 14.4 Å². The maximum atomic E-state index is 13.5. The molecule has 0 radical (unpaired) electrons. The van der Waals surface area contributed by atoms with Gasteiger partial charge in [-0.15, -0.1) is 0 Å². The minimum absolute atomic E-state index is 0.368. The predicted molar refractivity (Wildman–Crippen MR) is 74.1 cm³/mol. The Morgan fingerprint density at radius 2 is 2.05 bits per heavy atom. The number of hydrogen-bond acceptors (Lipinski definition) is 6. The molecule has 0 N–H and O–H groups in total. The second-order valence-electron chi connectivity index (χ2n) is 4.69. The first-order chi connectivity index (χ1) is 10.2. The first kappa shape index (κ1) is 13.5. The topological polar surface area (TPSA) is 60.4 Å². The molecule has 0 atom stereocenters. The number of anilines is 1. The van der Waals surface area contributed by atoms with Gasteiger partial charge in [-0.25, -0.2) is 9.97 Å². The summed E-state index contributed by atoms with van der Waals surface area (Å²) in [6, 6.07) is 3.35. The molecule has 0 amide bonds. The Labute approximate surface area is 121 Å². The zero-order valence-electron chi connectivity index (χ0n) is 11.8. The minimum atomic E-state index is -0.555. The molecule has 3 rings (SSSR count). The lowest BCUT2D eigenvalue weighted by Crippen LogP contribution is -2.32. The number of nitrogens with zero attached hydrogens (tertiary/aromatic N) is 4. The van der Waals surface area contributed by atoms with Gasteiger partial charge in [0.1, 0.15) is 11.6 Å². The number of rotatable bonds is 3. The Balaban J connectivity index is 1.87. The zero-order valence-corrected chi connectivity index (χ0v) is 11.8. The van der Waals surface area contributed by atoms with E-state index in [4.69, 9.17) is 9.47 Å². The van der Waals surface area contributed by atoms with Gasteiger partial charge in [-0.05, 0) is 0 Å². The van der Waals surface area contributed by atoms with Crippen LogP contribution in [0.2, 0.25) is 0 Å². The average molecular weight is 290 g/mol. The molecule has 6 nitrogen and oxygen atoms in total. The third-order valence-corrected chi connectivity index (χ3v) is 3.41. The third-order valence-electron chi connectivity index (χ3n) is 3.41. The van der Waals surface area contributed by atoms with E-state index < -0.39 is 5.95 Å². The smallest absolute Gasteiger partial charge is 0.316 e. The molecule has 0 unspecified atom stereocenters. The van der Waals surface area contributed by atoms with Crippen molar-refractivity contribution in [2.45, 2.75) is 13.0 Å². The van der Waals surface area contributed by atoms with Crippen LogP contribution >= 0.6 is 0 Å².